The number of carbonyl (C=O) groups excluding carboxylic acids is 1. The Kier molecular flexibility index (Phi) is 4.56. The van der Waals surface area contributed by atoms with Crippen molar-refractivity contribution in [1.82, 2.24) is 0 Å². The molecular weight excluding hydrogens is 188 g/mol. The minimum Gasteiger partial charge on any atom is -0.481 e. The highest BCUT2D eigenvalue weighted by Gasteiger charge is 2.20. The van der Waals surface area contributed by atoms with Gasteiger partial charge in [0.1, 0.15) is 5.60 Å². The molecule has 14 heavy (non-hydrogen) atoms. The van der Waals surface area contributed by atoms with Gasteiger partial charge in [0, 0.05) is 0 Å². The average Bonchev–Trinajstić information content (AvgIpc) is 1.77. The molecular formula is C9H16O5. The van der Waals surface area contributed by atoms with Crippen molar-refractivity contribution in [1.29, 1.82) is 0 Å². The summed E-state index contributed by atoms with van der Waals surface area (Å²) in [7, 11) is 0. The van der Waals surface area contributed by atoms with Gasteiger partial charge >= 0.3 is 11.9 Å². The van der Waals surface area contributed by atoms with Gasteiger partial charge in [-0.15, -0.1) is 0 Å². The van der Waals surface area contributed by atoms with E-state index in [1.54, 1.807) is 20.8 Å². The molecule has 0 aromatic carbocycles. The Bertz CT molecular complexity index is 216. The molecule has 0 aliphatic rings. The molecule has 0 aliphatic carbocycles. The molecule has 2 N–H and O–H groups in total. The minimum atomic E-state index is -1.18. The molecule has 0 radical (unpaired) electrons. The van der Waals surface area contributed by atoms with Gasteiger partial charge in [-0.1, -0.05) is 0 Å². The lowest BCUT2D eigenvalue weighted by Crippen LogP contribution is -2.27. The van der Waals surface area contributed by atoms with Crippen LogP contribution in [0.1, 0.15) is 33.6 Å². The van der Waals surface area contributed by atoms with Crippen LogP contribution in [0.4, 0.5) is 0 Å². The van der Waals surface area contributed by atoms with Gasteiger partial charge in [-0.05, 0) is 20.8 Å². The molecule has 5 heteroatoms. The highest BCUT2D eigenvalue weighted by atomic mass is 16.6. The van der Waals surface area contributed by atoms with E-state index in [2.05, 4.69) is 0 Å². The SMILES string of the molecule is CC(C)(C)OC(=O)CC(O)CC(=O)O. The highest BCUT2D eigenvalue weighted by molar-refractivity contribution is 5.72. The summed E-state index contributed by atoms with van der Waals surface area (Å²) in [6.07, 6.45) is -1.91. The maximum atomic E-state index is 11.1. The van der Waals surface area contributed by atoms with Crippen molar-refractivity contribution in [3.8, 4) is 0 Å². The number of carbonyl (C=O) groups is 2. The zero-order chi connectivity index (χ0) is 11.4. The number of carboxylic acid groups (broad SMARTS) is 1. The Balaban J connectivity index is 3.89. The molecule has 0 amide bonds. The standard InChI is InChI=1S/C9H16O5/c1-9(2,3)14-8(13)5-6(10)4-7(11)12/h6,10H,4-5H2,1-3H3,(H,11,12). The van der Waals surface area contributed by atoms with Crippen molar-refractivity contribution in [2.24, 2.45) is 0 Å². The van der Waals surface area contributed by atoms with Gasteiger partial charge in [0.2, 0.25) is 0 Å². The summed E-state index contributed by atoms with van der Waals surface area (Å²) in [5.41, 5.74) is -0.611. The fourth-order valence-electron chi connectivity index (χ4n) is 0.849. The number of aliphatic hydroxyl groups excluding tert-OH is 1. The topological polar surface area (TPSA) is 83.8 Å². The summed E-state index contributed by atoms with van der Waals surface area (Å²) < 4.78 is 4.90. The number of esters is 1. The fraction of sp³-hybridized carbons (Fsp3) is 0.778. The second-order valence-corrected chi connectivity index (χ2v) is 4.04. The third-order valence-corrected chi connectivity index (χ3v) is 1.23. The Morgan fingerprint density at radius 3 is 2.14 bits per heavy atom. The van der Waals surface area contributed by atoms with Crippen LogP contribution in [0, 0.1) is 0 Å². The van der Waals surface area contributed by atoms with E-state index in [-0.39, 0.29) is 6.42 Å². The molecule has 0 fully saturated rings. The van der Waals surface area contributed by atoms with E-state index in [0.717, 1.165) is 0 Å². The quantitative estimate of drug-likeness (QED) is 0.653. The molecule has 0 saturated carbocycles. The van der Waals surface area contributed by atoms with Gasteiger partial charge in [-0.25, -0.2) is 0 Å². The average molecular weight is 204 g/mol. The summed E-state index contributed by atoms with van der Waals surface area (Å²) in [5.74, 6) is -1.73. The van der Waals surface area contributed by atoms with Crippen molar-refractivity contribution < 1.29 is 24.5 Å². The van der Waals surface area contributed by atoms with Gasteiger partial charge in [0.15, 0.2) is 0 Å². The van der Waals surface area contributed by atoms with E-state index >= 15 is 0 Å². The summed E-state index contributed by atoms with van der Waals surface area (Å²) in [6.45, 7) is 5.11. The zero-order valence-corrected chi connectivity index (χ0v) is 8.61. The first-order valence-electron chi connectivity index (χ1n) is 4.32. The fourth-order valence-corrected chi connectivity index (χ4v) is 0.849. The monoisotopic (exact) mass is 204 g/mol. The molecule has 0 heterocycles. The van der Waals surface area contributed by atoms with Crippen molar-refractivity contribution in [3.63, 3.8) is 0 Å². The predicted molar refractivity (Wildman–Crippen MR) is 48.7 cm³/mol. The van der Waals surface area contributed by atoms with Crippen LogP contribution < -0.4 is 0 Å². The maximum Gasteiger partial charge on any atom is 0.308 e. The molecule has 0 saturated heterocycles. The van der Waals surface area contributed by atoms with Gasteiger partial charge < -0.3 is 14.9 Å². The molecule has 0 rings (SSSR count). The number of rotatable bonds is 4. The van der Waals surface area contributed by atoms with Crippen LogP contribution >= 0.6 is 0 Å². The van der Waals surface area contributed by atoms with Crippen LogP contribution in [0.25, 0.3) is 0 Å². The van der Waals surface area contributed by atoms with Gasteiger partial charge in [0.25, 0.3) is 0 Å². The van der Waals surface area contributed by atoms with Gasteiger partial charge in [-0.2, -0.15) is 0 Å². The minimum absolute atomic E-state index is 0.288. The smallest absolute Gasteiger partial charge is 0.308 e. The molecule has 0 bridgehead atoms. The van der Waals surface area contributed by atoms with Crippen LogP contribution in [0.15, 0.2) is 0 Å². The number of hydrogen-bond acceptors (Lipinski definition) is 4. The van der Waals surface area contributed by atoms with E-state index in [0.29, 0.717) is 0 Å². The molecule has 82 valence electrons. The summed E-state index contributed by atoms with van der Waals surface area (Å²) in [5, 5.41) is 17.4. The number of ether oxygens (including phenoxy) is 1. The van der Waals surface area contributed by atoms with Crippen molar-refractivity contribution in [3.05, 3.63) is 0 Å². The summed E-state index contributed by atoms with van der Waals surface area (Å²) in [4.78, 5) is 21.2. The Labute approximate surface area is 82.7 Å². The van der Waals surface area contributed by atoms with Crippen LogP contribution in [0.3, 0.4) is 0 Å². The van der Waals surface area contributed by atoms with Crippen LogP contribution in [0.2, 0.25) is 0 Å². The maximum absolute atomic E-state index is 11.1. The third-order valence-electron chi connectivity index (χ3n) is 1.23. The van der Waals surface area contributed by atoms with Crippen molar-refractivity contribution >= 4 is 11.9 Å². The van der Waals surface area contributed by atoms with Crippen molar-refractivity contribution in [2.75, 3.05) is 0 Å². The number of aliphatic carboxylic acids is 1. The van der Waals surface area contributed by atoms with Crippen LogP contribution in [-0.4, -0.2) is 33.9 Å². The Morgan fingerprint density at radius 2 is 1.79 bits per heavy atom. The lowest BCUT2D eigenvalue weighted by Gasteiger charge is -2.20. The Morgan fingerprint density at radius 1 is 1.29 bits per heavy atom. The molecule has 1 atom stereocenters. The molecule has 1 unspecified atom stereocenters. The lowest BCUT2D eigenvalue weighted by atomic mass is 10.1. The van der Waals surface area contributed by atoms with E-state index in [1.165, 1.54) is 0 Å². The van der Waals surface area contributed by atoms with Crippen LogP contribution in [0.5, 0.6) is 0 Å². The zero-order valence-electron chi connectivity index (χ0n) is 8.61. The van der Waals surface area contributed by atoms with E-state index in [1.807, 2.05) is 0 Å². The number of hydrogen-bond donors (Lipinski definition) is 2. The first kappa shape index (κ1) is 12.9. The van der Waals surface area contributed by atoms with Crippen molar-refractivity contribution in [2.45, 2.75) is 45.3 Å². The largest absolute Gasteiger partial charge is 0.481 e. The molecule has 0 aromatic rings. The first-order valence-corrected chi connectivity index (χ1v) is 4.32. The normalized spacial score (nSPS) is 13.4. The van der Waals surface area contributed by atoms with Gasteiger partial charge in [0.05, 0.1) is 18.9 Å². The summed E-state index contributed by atoms with van der Waals surface area (Å²) in [6, 6.07) is 0. The van der Waals surface area contributed by atoms with Crippen LogP contribution in [-0.2, 0) is 14.3 Å². The predicted octanol–water partition coefficient (Wildman–Crippen LogP) is 0.554. The number of aliphatic hydroxyl groups is 1. The molecule has 0 aromatic heterocycles. The molecule has 0 spiro atoms. The lowest BCUT2D eigenvalue weighted by molar-refractivity contribution is -0.157. The van der Waals surface area contributed by atoms with E-state index < -0.39 is 30.1 Å². The van der Waals surface area contributed by atoms with Gasteiger partial charge in [-0.3, -0.25) is 9.59 Å². The first-order chi connectivity index (χ1) is 6.20. The molecule has 5 nitrogen and oxygen atoms in total. The molecule has 0 aliphatic heterocycles. The van der Waals surface area contributed by atoms with E-state index in [9.17, 15) is 9.59 Å². The second-order valence-electron chi connectivity index (χ2n) is 4.04. The summed E-state index contributed by atoms with van der Waals surface area (Å²) >= 11 is 0. The number of carboxylic acids is 1. The highest BCUT2D eigenvalue weighted by Crippen LogP contribution is 2.10. The third kappa shape index (κ3) is 7.54. The van der Waals surface area contributed by atoms with E-state index in [4.69, 9.17) is 14.9 Å². The second kappa shape index (κ2) is 4.95. The Hall–Kier alpha value is -1.10.